The molecule has 0 saturated carbocycles. The van der Waals surface area contributed by atoms with Gasteiger partial charge in [0.2, 0.25) is 18.0 Å². The van der Waals surface area contributed by atoms with Crippen molar-refractivity contribution in [2.75, 3.05) is 33.9 Å². The number of nitrogens with zero attached hydrogens (tertiary/aromatic N) is 6. The summed E-state index contributed by atoms with van der Waals surface area (Å²) in [4.78, 5) is 79.0. The molecule has 0 bridgehead atoms. The van der Waals surface area contributed by atoms with Crippen molar-refractivity contribution >= 4 is 86.7 Å². The molecule has 18 nitrogen and oxygen atoms in total. The first kappa shape index (κ1) is 59.9. The van der Waals surface area contributed by atoms with Crippen LogP contribution in [0.15, 0.2) is 55.0 Å². The van der Waals surface area contributed by atoms with Crippen LogP contribution < -0.4 is 15.4 Å². The van der Waals surface area contributed by atoms with Gasteiger partial charge in [-0.25, -0.2) is 28.9 Å². The molecule has 6 atom stereocenters. The third-order valence-corrected chi connectivity index (χ3v) is 16.8. The van der Waals surface area contributed by atoms with E-state index in [2.05, 4.69) is 40.5 Å². The maximum absolute atomic E-state index is 17.1. The van der Waals surface area contributed by atoms with Crippen molar-refractivity contribution in [1.29, 1.82) is 0 Å². The van der Waals surface area contributed by atoms with Crippen LogP contribution >= 0.6 is 51.8 Å². The highest BCUT2D eigenvalue weighted by Gasteiger charge is 2.44. The van der Waals surface area contributed by atoms with E-state index in [-0.39, 0.29) is 76.2 Å². The van der Waals surface area contributed by atoms with E-state index in [1.165, 1.54) is 20.3 Å². The van der Waals surface area contributed by atoms with E-state index in [1.807, 2.05) is 67.6 Å². The molecule has 0 radical (unpaired) electrons. The Bertz CT molecular complexity index is 3120. The maximum Gasteiger partial charge on any atom is 0.407 e. The van der Waals surface area contributed by atoms with Gasteiger partial charge < -0.3 is 49.3 Å². The largest absolute Gasteiger partial charge is 0.464 e. The fourth-order valence-electron chi connectivity index (χ4n) is 11.6. The zero-order valence-electron chi connectivity index (χ0n) is 45.3. The van der Waals surface area contributed by atoms with Crippen LogP contribution in [0.2, 0.25) is 0 Å². The molecule has 4 aliphatic rings. The lowest BCUT2D eigenvalue weighted by atomic mass is 9.82. The number of methoxy groups -OCH3 is 2. The quantitative estimate of drug-likeness (QED) is 0.0806. The first-order valence-corrected chi connectivity index (χ1v) is 27.1. The summed E-state index contributed by atoms with van der Waals surface area (Å²) < 4.78 is 41.8. The molecule has 10 rings (SSSR count). The molecule has 2 aromatic carbocycles. The molecule has 4 N–H and O–H groups in total. The molecule has 3 fully saturated rings. The Morgan fingerprint density at radius 2 is 1.45 bits per heavy atom. The van der Waals surface area contributed by atoms with E-state index in [0.717, 1.165) is 57.7 Å². The van der Waals surface area contributed by atoms with Crippen LogP contribution in [0.3, 0.4) is 0 Å². The van der Waals surface area contributed by atoms with Crippen LogP contribution in [-0.4, -0.2) is 115 Å². The third kappa shape index (κ3) is 11.6. The van der Waals surface area contributed by atoms with Crippen LogP contribution in [-0.2, 0) is 23.8 Å². The Balaban J connectivity index is 0.00000294. The van der Waals surface area contributed by atoms with E-state index in [9.17, 15) is 19.2 Å². The Kier molecular flexibility index (Phi) is 19.0. The average Bonchev–Trinajstić information content (AvgIpc) is 4.36. The second kappa shape index (κ2) is 24.7. The number of aromatic nitrogens is 6. The molecular formula is C55H73FN10O8S4. The van der Waals surface area contributed by atoms with Gasteiger partial charge in [0.05, 0.1) is 82.3 Å². The second-order valence-corrected chi connectivity index (χ2v) is 22.3. The number of amides is 4. The van der Waals surface area contributed by atoms with Gasteiger partial charge in [-0.3, -0.25) is 14.2 Å². The number of likely N-dealkylation sites (tertiary alicyclic amines) is 2. The molecule has 4 aliphatic heterocycles. The number of carbonyl (C=O) groups excluding carboxylic acids is 4. The molecule has 3 unspecified atom stereocenters. The summed E-state index contributed by atoms with van der Waals surface area (Å²) in [5, 5.41) is 7.44. The van der Waals surface area contributed by atoms with Crippen LogP contribution in [0.25, 0.3) is 44.7 Å². The van der Waals surface area contributed by atoms with Gasteiger partial charge in [0.15, 0.2) is 0 Å². The lowest BCUT2D eigenvalue weighted by molar-refractivity contribution is -0.139. The number of halogens is 1. The Morgan fingerprint density at radius 3 is 2.06 bits per heavy atom. The van der Waals surface area contributed by atoms with E-state index < -0.39 is 41.9 Å². The summed E-state index contributed by atoms with van der Waals surface area (Å²) >= 11 is 1.61. The van der Waals surface area contributed by atoms with Crippen molar-refractivity contribution in [1.82, 2.24) is 49.9 Å². The number of ether oxygens (including phenoxy) is 4. The van der Waals surface area contributed by atoms with Crippen LogP contribution in [0.1, 0.15) is 139 Å². The number of thiazole rings is 1. The molecule has 3 saturated heterocycles. The van der Waals surface area contributed by atoms with E-state index in [1.54, 1.807) is 28.6 Å². The Labute approximate surface area is 479 Å². The SMILES string of the molecule is CCC(CC)c1ncc(C2Oc3cc(-c4cnc([C@@H]5CCCN5C(=O)[C@@H](NC(=O)OC)C(C)C)[nH]4)cc(F)c3-c3cc4cc(-c5cnc([C@@H]6CCCN6C(=O)C(NC(=O)OC)C6CCOC(C)(C)C6)[nH]5)ccc4n32)s1.S.S.S. The predicted octanol–water partition coefficient (Wildman–Crippen LogP) is 10.5. The number of aromatic amines is 2. The number of nitrogens with one attached hydrogen (secondary N) is 4. The van der Waals surface area contributed by atoms with Crippen molar-refractivity contribution in [2.24, 2.45) is 11.8 Å². The molecule has 0 aliphatic carbocycles. The zero-order chi connectivity index (χ0) is 52.9. The summed E-state index contributed by atoms with van der Waals surface area (Å²) in [6.45, 7) is 13.6. The summed E-state index contributed by atoms with van der Waals surface area (Å²) in [6.07, 6.45) is 9.36. The van der Waals surface area contributed by atoms with Crippen molar-refractivity contribution in [3.05, 3.63) is 82.3 Å². The smallest absolute Gasteiger partial charge is 0.407 e. The summed E-state index contributed by atoms with van der Waals surface area (Å²) in [5.74, 6) is 0.694. The normalized spacial score (nSPS) is 20.1. The van der Waals surface area contributed by atoms with Crippen LogP contribution in [0, 0.1) is 17.7 Å². The topological polar surface area (TPSA) is 211 Å². The van der Waals surface area contributed by atoms with E-state index in [0.29, 0.717) is 91.2 Å². The number of rotatable bonds is 14. The lowest BCUT2D eigenvalue weighted by Gasteiger charge is -2.40. The average molecular weight is 1150 g/mol. The van der Waals surface area contributed by atoms with Crippen molar-refractivity contribution < 1.29 is 42.5 Å². The Morgan fingerprint density at radius 1 is 0.821 bits per heavy atom. The number of fused-ring (bicyclic) bond motifs is 5. The minimum Gasteiger partial charge on any atom is -0.464 e. The van der Waals surface area contributed by atoms with E-state index >= 15 is 4.39 Å². The van der Waals surface area contributed by atoms with Gasteiger partial charge in [0.1, 0.15) is 35.3 Å². The Hall–Kier alpha value is -5.75. The maximum atomic E-state index is 17.1. The number of hydrogen-bond donors (Lipinski definition) is 4. The van der Waals surface area contributed by atoms with Crippen LogP contribution in [0.4, 0.5) is 14.0 Å². The molecule has 4 amide bonds. The molecular weight excluding hydrogens is 1080 g/mol. The van der Waals surface area contributed by atoms with Crippen molar-refractivity contribution in [2.45, 2.75) is 135 Å². The van der Waals surface area contributed by atoms with Crippen LogP contribution in [0.5, 0.6) is 5.75 Å². The standard InChI is InChI=1S/C55H67FN10O8S.3H2S/c1-9-30(10-2)49-59-28-43(75-49)52-66-38-16-15-31(36-26-57-47(60-36)40-14-12-19-65(40)51(68)46(63-54(70)72-8)32-17-20-73-55(5,6)25-32)21-34(38)23-41(66)44-35(56)22-33(24-42(44)74-52)37-27-58-48(61-37)39-13-11-18-64(39)50(67)45(29(3)4)62-53(69)71-7;;;/h15-16,21-24,26-30,32,39-40,45-46,52H,9-14,17-20,25H2,1-8H3,(H,57,60)(H,58,61)(H,62,69)(H,63,70);3*1H2/t32?,39-,40-,45-,46?,52?;;;/m0.../s1. The zero-order valence-corrected chi connectivity index (χ0v) is 49.1. The minimum atomic E-state index is -0.780. The summed E-state index contributed by atoms with van der Waals surface area (Å²) in [5.41, 5.74) is 4.08. The first-order valence-electron chi connectivity index (χ1n) is 26.3. The highest BCUT2D eigenvalue weighted by Crippen LogP contribution is 2.49. The lowest BCUT2D eigenvalue weighted by Crippen LogP contribution is -2.54. The fourth-order valence-corrected chi connectivity index (χ4v) is 12.9. The van der Waals surface area contributed by atoms with Gasteiger partial charge in [-0.05, 0) is 107 Å². The van der Waals surface area contributed by atoms with Gasteiger partial charge in [-0.2, -0.15) is 40.5 Å². The molecule has 4 aromatic heterocycles. The number of alkyl carbamates (subject to hydrolysis) is 2. The first-order chi connectivity index (χ1) is 36.1. The minimum absolute atomic E-state index is 0. The second-order valence-electron chi connectivity index (χ2n) is 21.2. The third-order valence-electron chi connectivity index (χ3n) is 15.6. The fraction of sp³-hybridized carbons (Fsp3) is 0.509. The highest BCUT2D eigenvalue weighted by atomic mass is 32.1. The number of H-pyrrole nitrogens is 2. The predicted molar refractivity (Wildman–Crippen MR) is 311 cm³/mol. The summed E-state index contributed by atoms with van der Waals surface area (Å²) in [7, 11) is 2.57. The van der Waals surface area contributed by atoms with Crippen molar-refractivity contribution in [3.63, 3.8) is 0 Å². The number of benzene rings is 2. The molecule has 8 heterocycles. The molecule has 0 spiro atoms. The van der Waals surface area contributed by atoms with Gasteiger partial charge in [-0.15, -0.1) is 11.3 Å². The van der Waals surface area contributed by atoms with Gasteiger partial charge in [-0.1, -0.05) is 33.8 Å². The van der Waals surface area contributed by atoms with Crippen molar-refractivity contribution in [3.8, 4) is 39.5 Å². The molecule has 422 valence electrons. The van der Waals surface area contributed by atoms with Gasteiger partial charge in [0, 0.05) is 48.3 Å². The number of carbonyl (C=O) groups is 4. The van der Waals surface area contributed by atoms with E-state index in [4.69, 9.17) is 33.9 Å². The molecule has 23 heteroatoms. The molecule has 78 heavy (non-hydrogen) atoms. The van der Waals surface area contributed by atoms with Gasteiger partial charge >= 0.3 is 12.2 Å². The number of imidazole rings is 2. The highest BCUT2D eigenvalue weighted by molar-refractivity contribution is 7.59. The monoisotopic (exact) mass is 1150 g/mol. The molecule has 6 aromatic rings. The number of hydrogen-bond acceptors (Lipinski definition) is 12. The summed E-state index contributed by atoms with van der Waals surface area (Å²) in [6, 6.07) is 9.16. The van der Waals surface area contributed by atoms with Gasteiger partial charge in [0.25, 0.3) is 0 Å².